The van der Waals surface area contributed by atoms with Crippen molar-refractivity contribution in [2.75, 3.05) is 18.1 Å². The number of rotatable bonds is 5. The average molecular weight is 449 g/mol. The molecule has 0 saturated heterocycles. The second-order valence-electron chi connectivity index (χ2n) is 7.84. The van der Waals surface area contributed by atoms with Crippen LogP contribution in [0.4, 0.5) is 16.2 Å². The number of nitrogens with zero attached hydrogens (tertiary/aromatic N) is 6. The van der Waals surface area contributed by atoms with Gasteiger partial charge < -0.3 is 21.5 Å². The van der Waals surface area contributed by atoms with Gasteiger partial charge in [0.25, 0.3) is 0 Å². The Labute approximate surface area is 190 Å². The molecule has 0 radical (unpaired) electrons. The van der Waals surface area contributed by atoms with Crippen LogP contribution in [0.3, 0.4) is 0 Å². The van der Waals surface area contributed by atoms with Gasteiger partial charge in [0.2, 0.25) is 5.95 Å². The van der Waals surface area contributed by atoms with Crippen LogP contribution in [0.25, 0.3) is 22.6 Å². The van der Waals surface area contributed by atoms with Crippen LogP contribution >= 0.6 is 0 Å². The Morgan fingerprint density at radius 2 is 1.85 bits per heavy atom. The molecule has 1 aliphatic heterocycles. The lowest BCUT2D eigenvalue weighted by Gasteiger charge is -2.26. The normalized spacial score (nSPS) is 13.5. The van der Waals surface area contributed by atoms with Gasteiger partial charge in [0, 0.05) is 29.6 Å². The van der Waals surface area contributed by atoms with Gasteiger partial charge in [-0.15, -0.1) is 0 Å². The van der Waals surface area contributed by atoms with Crippen LogP contribution in [0.2, 0.25) is 0 Å². The summed E-state index contributed by atoms with van der Waals surface area (Å²) in [6.45, 7) is 6.61. The summed E-state index contributed by atoms with van der Waals surface area (Å²) in [6, 6.07) is 4.72. The quantitative estimate of drug-likeness (QED) is 0.541. The Bertz CT molecular complexity index is 1270. The van der Waals surface area contributed by atoms with Gasteiger partial charge in [-0.1, -0.05) is 6.92 Å². The monoisotopic (exact) mass is 448 g/mol. The lowest BCUT2D eigenvalue weighted by Crippen LogP contribution is -2.29. The molecule has 0 bridgehead atoms. The fraction of sp³-hybridized carbons (Fsp3) is 0.261. The van der Waals surface area contributed by atoms with Gasteiger partial charge >= 0.3 is 0 Å². The fourth-order valence-corrected chi connectivity index (χ4v) is 3.59. The molecule has 0 aromatic carbocycles. The molecule has 0 saturated carbocycles. The van der Waals surface area contributed by atoms with Gasteiger partial charge in [-0.25, -0.2) is 24.3 Å². The first-order chi connectivity index (χ1) is 15.8. The maximum absolute atomic E-state index is 14.6. The van der Waals surface area contributed by atoms with Crippen molar-refractivity contribution in [2.45, 2.75) is 33.2 Å². The predicted molar refractivity (Wildman–Crippen MR) is 126 cm³/mol. The highest BCUT2D eigenvalue weighted by Gasteiger charge is 2.22. The highest BCUT2D eigenvalue weighted by Crippen LogP contribution is 2.34. The van der Waals surface area contributed by atoms with Crippen LogP contribution < -0.4 is 11.5 Å². The summed E-state index contributed by atoms with van der Waals surface area (Å²) in [4.78, 5) is 23.8. The van der Waals surface area contributed by atoms with E-state index in [1.807, 2.05) is 19.2 Å². The molecular formula is C23H25FN8O. The molecule has 1 aliphatic rings. The van der Waals surface area contributed by atoms with E-state index >= 15 is 0 Å². The summed E-state index contributed by atoms with van der Waals surface area (Å²) in [5.41, 5.74) is 14.6. The molecule has 9 nitrogen and oxygen atoms in total. The number of allylic oxidation sites excluding steroid dienone is 1. The van der Waals surface area contributed by atoms with E-state index in [1.165, 1.54) is 24.4 Å². The van der Waals surface area contributed by atoms with Crippen molar-refractivity contribution in [3.63, 3.8) is 0 Å². The Hall–Kier alpha value is -4.08. The Balaban J connectivity index is 1.85. The molecule has 0 aliphatic carbocycles. The molecule has 0 fully saturated rings. The van der Waals surface area contributed by atoms with Crippen LogP contribution in [-0.4, -0.2) is 48.4 Å². The topological polar surface area (TPSA) is 139 Å². The molecule has 33 heavy (non-hydrogen) atoms. The molecule has 170 valence electrons. The third kappa shape index (κ3) is 4.19. The Kier molecular flexibility index (Phi) is 5.91. The van der Waals surface area contributed by atoms with E-state index in [2.05, 4.69) is 43.7 Å². The molecule has 5 N–H and O–H groups in total. The largest absolute Gasteiger partial charge is 0.506 e. The first-order valence-electron chi connectivity index (χ1n) is 10.6. The molecule has 4 rings (SSSR count). The number of pyridine rings is 2. The van der Waals surface area contributed by atoms with Crippen LogP contribution in [0.1, 0.15) is 32.0 Å². The Morgan fingerprint density at radius 1 is 1.09 bits per heavy atom. The van der Waals surface area contributed by atoms with Crippen LogP contribution in [0.5, 0.6) is 5.75 Å². The van der Waals surface area contributed by atoms with E-state index in [-0.39, 0.29) is 34.5 Å². The SMILES string of the molecule is CCc1c(C2=NCN(C(C)C)C=C2)nc(N)nc1-c1nc(-c2ccnc(N)c2F)ccc1O. The number of hydrogen-bond acceptors (Lipinski definition) is 9. The fourth-order valence-electron chi connectivity index (χ4n) is 3.59. The van der Waals surface area contributed by atoms with Crippen LogP contribution in [0, 0.1) is 5.82 Å². The number of aromatic nitrogens is 4. The summed E-state index contributed by atoms with van der Waals surface area (Å²) in [5, 5.41) is 10.6. The molecule has 10 heteroatoms. The maximum atomic E-state index is 14.6. The zero-order valence-corrected chi connectivity index (χ0v) is 18.6. The highest BCUT2D eigenvalue weighted by molar-refractivity contribution is 6.09. The van der Waals surface area contributed by atoms with Crippen molar-refractivity contribution in [1.29, 1.82) is 0 Å². The molecule has 3 aromatic heterocycles. The second kappa shape index (κ2) is 8.81. The molecule has 4 heterocycles. The number of hydrogen-bond donors (Lipinski definition) is 3. The van der Waals surface area contributed by atoms with Gasteiger partial charge in [-0.3, -0.25) is 4.99 Å². The lowest BCUT2D eigenvalue weighted by atomic mass is 10.0. The third-order valence-corrected chi connectivity index (χ3v) is 5.40. The van der Waals surface area contributed by atoms with Crippen molar-refractivity contribution in [3.8, 4) is 28.4 Å². The number of nitrogens with two attached hydrogens (primary N) is 2. The minimum absolute atomic E-state index is 0.0190. The highest BCUT2D eigenvalue weighted by atomic mass is 19.1. The first kappa shape index (κ1) is 22.1. The minimum Gasteiger partial charge on any atom is -0.506 e. The van der Waals surface area contributed by atoms with E-state index in [0.29, 0.717) is 36.2 Å². The van der Waals surface area contributed by atoms with Crippen molar-refractivity contribution in [1.82, 2.24) is 24.8 Å². The van der Waals surface area contributed by atoms with Crippen LogP contribution in [-0.2, 0) is 6.42 Å². The van der Waals surface area contributed by atoms with E-state index in [4.69, 9.17) is 11.5 Å². The van der Waals surface area contributed by atoms with E-state index in [9.17, 15) is 9.50 Å². The molecule has 0 atom stereocenters. The van der Waals surface area contributed by atoms with Gasteiger partial charge in [0.05, 0.1) is 17.1 Å². The predicted octanol–water partition coefficient (Wildman–Crippen LogP) is 3.16. The van der Waals surface area contributed by atoms with E-state index < -0.39 is 5.82 Å². The summed E-state index contributed by atoms with van der Waals surface area (Å²) in [7, 11) is 0. The smallest absolute Gasteiger partial charge is 0.221 e. The minimum atomic E-state index is -0.684. The summed E-state index contributed by atoms with van der Waals surface area (Å²) < 4.78 is 14.6. The van der Waals surface area contributed by atoms with Gasteiger partial charge in [-0.05, 0) is 44.5 Å². The second-order valence-corrected chi connectivity index (χ2v) is 7.84. The molecule has 0 unspecified atom stereocenters. The third-order valence-electron chi connectivity index (χ3n) is 5.40. The van der Waals surface area contributed by atoms with Gasteiger partial charge in [-0.2, -0.15) is 0 Å². The zero-order valence-electron chi connectivity index (χ0n) is 18.6. The molecule has 0 amide bonds. The van der Waals surface area contributed by atoms with Crippen molar-refractivity contribution in [2.24, 2.45) is 4.99 Å². The van der Waals surface area contributed by atoms with E-state index in [1.54, 1.807) is 0 Å². The summed E-state index contributed by atoms with van der Waals surface area (Å²) in [5.74, 6) is -1.02. The maximum Gasteiger partial charge on any atom is 0.221 e. The van der Waals surface area contributed by atoms with Crippen molar-refractivity contribution >= 4 is 17.5 Å². The number of anilines is 2. The van der Waals surface area contributed by atoms with Crippen molar-refractivity contribution in [3.05, 3.63) is 53.7 Å². The standard InChI is InChI=1S/C23H25FN8O/c1-4-13-19(16-8-10-32(11-28-16)12(2)3)30-23(26)31-20(13)21-17(33)6-5-15(29-21)14-7-9-27-22(25)18(14)24/h5-10,12,33H,4,11H2,1-3H3,(H2,25,27)(H2,26,30,31). The van der Waals surface area contributed by atoms with Gasteiger partial charge in [0.1, 0.15) is 23.8 Å². The first-order valence-corrected chi connectivity index (χ1v) is 10.6. The van der Waals surface area contributed by atoms with Crippen molar-refractivity contribution < 1.29 is 9.50 Å². The zero-order chi connectivity index (χ0) is 23.7. The van der Waals surface area contributed by atoms with Crippen LogP contribution in [0.15, 0.2) is 41.7 Å². The number of halogens is 1. The number of aromatic hydroxyl groups is 1. The lowest BCUT2D eigenvalue weighted by molar-refractivity contribution is 0.318. The van der Waals surface area contributed by atoms with E-state index in [0.717, 1.165) is 5.56 Å². The average Bonchev–Trinajstić information content (AvgIpc) is 2.81. The molecule has 3 aromatic rings. The molecule has 0 spiro atoms. The number of nitrogen functional groups attached to an aromatic ring is 2. The molecular weight excluding hydrogens is 423 g/mol. The Morgan fingerprint density at radius 3 is 2.52 bits per heavy atom. The number of aliphatic imine (C=N–C) groups is 1. The summed E-state index contributed by atoms with van der Waals surface area (Å²) >= 11 is 0. The van der Waals surface area contributed by atoms with Gasteiger partial charge in [0.15, 0.2) is 11.6 Å². The summed E-state index contributed by atoms with van der Waals surface area (Å²) in [6.07, 6.45) is 5.78.